The monoisotopic (exact) mass is 330 g/mol. The first-order chi connectivity index (χ1) is 8.75. The summed E-state index contributed by atoms with van der Waals surface area (Å²) in [6.45, 7) is 6.13. The Morgan fingerprint density at radius 2 is 2.11 bits per heavy atom. The zero-order valence-electron chi connectivity index (χ0n) is 11.3. The largest absolute Gasteiger partial charge is 0.396 e. The molecule has 6 heteroatoms. The lowest BCUT2D eigenvalue weighted by Gasteiger charge is -2.31. The average Bonchev–Trinajstić information content (AvgIpc) is 2.26. The Labute approximate surface area is 121 Å². The van der Waals surface area contributed by atoms with Gasteiger partial charge in [0.05, 0.1) is 4.92 Å². The molecule has 5 nitrogen and oxygen atoms in total. The molecule has 0 fully saturated rings. The molecule has 0 amide bonds. The lowest BCUT2D eigenvalue weighted by molar-refractivity contribution is -0.384. The minimum absolute atomic E-state index is 0.0374. The van der Waals surface area contributed by atoms with Gasteiger partial charge in [-0.1, -0.05) is 36.7 Å². The molecular weight excluding hydrogens is 312 g/mol. The van der Waals surface area contributed by atoms with E-state index in [9.17, 15) is 10.1 Å². The molecule has 0 bridgehead atoms. The maximum Gasteiger partial charge on any atom is 0.292 e. The lowest BCUT2D eigenvalue weighted by Crippen LogP contribution is -2.35. The number of hydrogen-bond acceptors (Lipinski definition) is 4. The van der Waals surface area contributed by atoms with E-state index in [-0.39, 0.29) is 23.8 Å². The van der Waals surface area contributed by atoms with Gasteiger partial charge >= 0.3 is 0 Å². The normalized spacial score (nSPS) is 13.1. The molecule has 0 aliphatic carbocycles. The Bertz CT molecular complexity index is 458. The molecule has 1 aromatic carbocycles. The highest BCUT2D eigenvalue weighted by molar-refractivity contribution is 9.10. The molecule has 0 saturated carbocycles. The van der Waals surface area contributed by atoms with Crippen LogP contribution in [0.3, 0.4) is 0 Å². The number of benzene rings is 1. The van der Waals surface area contributed by atoms with Crippen LogP contribution in [-0.2, 0) is 0 Å². The van der Waals surface area contributed by atoms with Gasteiger partial charge in [-0.3, -0.25) is 10.1 Å². The van der Waals surface area contributed by atoms with Crippen molar-refractivity contribution in [3.05, 3.63) is 32.8 Å². The van der Waals surface area contributed by atoms with E-state index in [1.54, 1.807) is 12.1 Å². The van der Waals surface area contributed by atoms with Gasteiger partial charge in [-0.2, -0.15) is 0 Å². The number of halogens is 1. The molecule has 19 heavy (non-hydrogen) atoms. The smallest absolute Gasteiger partial charge is 0.292 e. The van der Waals surface area contributed by atoms with Gasteiger partial charge in [0.15, 0.2) is 0 Å². The maximum absolute atomic E-state index is 11.0. The minimum Gasteiger partial charge on any atom is -0.396 e. The van der Waals surface area contributed by atoms with E-state index in [1.807, 2.05) is 20.8 Å². The quantitative estimate of drug-likeness (QED) is 0.639. The molecule has 106 valence electrons. The third-order valence-corrected chi connectivity index (χ3v) is 3.44. The summed E-state index contributed by atoms with van der Waals surface area (Å²) in [5, 5.41) is 23.3. The molecule has 0 saturated heterocycles. The summed E-state index contributed by atoms with van der Waals surface area (Å²) >= 11 is 3.31. The SMILES string of the molecule is CC(C)(C)C(CCO)Nc1cc(Br)ccc1[N+](=O)[O-]. The Morgan fingerprint density at radius 1 is 1.47 bits per heavy atom. The highest BCUT2D eigenvalue weighted by Gasteiger charge is 2.26. The van der Waals surface area contributed by atoms with E-state index in [2.05, 4.69) is 21.2 Å². The van der Waals surface area contributed by atoms with Crippen LogP contribution in [0.1, 0.15) is 27.2 Å². The van der Waals surface area contributed by atoms with E-state index >= 15 is 0 Å². The predicted molar refractivity (Wildman–Crippen MR) is 79.4 cm³/mol. The zero-order chi connectivity index (χ0) is 14.6. The Kier molecular flexibility index (Phi) is 5.31. The molecule has 0 aliphatic heterocycles. The van der Waals surface area contributed by atoms with Gasteiger partial charge in [-0.05, 0) is 24.0 Å². The average molecular weight is 331 g/mol. The molecule has 1 aromatic rings. The van der Waals surface area contributed by atoms with Gasteiger partial charge in [-0.25, -0.2) is 0 Å². The third kappa shape index (κ3) is 4.47. The topological polar surface area (TPSA) is 75.4 Å². The summed E-state index contributed by atoms with van der Waals surface area (Å²) in [6, 6.07) is 4.74. The molecule has 0 aromatic heterocycles. The molecule has 1 rings (SSSR count). The van der Waals surface area contributed by atoms with Gasteiger partial charge in [-0.15, -0.1) is 0 Å². The Balaban J connectivity index is 3.08. The number of hydrogen-bond donors (Lipinski definition) is 2. The maximum atomic E-state index is 11.0. The molecule has 2 N–H and O–H groups in total. The van der Waals surface area contributed by atoms with Crippen LogP contribution in [0, 0.1) is 15.5 Å². The van der Waals surface area contributed by atoms with E-state index < -0.39 is 4.92 Å². The fourth-order valence-corrected chi connectivity index (χ4v) is 2.18. The Morgan fingerprint density at radius 3 is 2.58 bits per heavy atom. The number of aliphatic hydroxyl groups is 1. The van der Waals surface area contributed by atoms with Crippen LogP contribution in [0.5, 0.6) is 0 Å². The number of nitro groups is 1. The molecule has 0 heterocycles. The number of nitrogens with one attached hydrogen (secondary N) is 1. The zero-order valence-corrected chi connectivity index (χ0v) is 12.9. The predicted octanol–water partition coefficient (Wildman–Crippen LogP) is 3.57. The first kappa shape index (κ1) is 15.9. The van der Waals surface area contributed by atoms with Gasteiger partial charge in [0.2, 0.25) is 0 Å². The van der Waals surface area contributed by atoms with Crippen molar-refractivity contribution in [1.29, 1.82) is 0 Å². The van der Waals surface area contributed by atoms with Crippen LogP contribution in [0.25, 0.3) is 0 Å². The van der Waals surface area contributed by atoms with E-state index in [0.29, 0.717) is 12.1 Å². The second-order valence-corrected chi connectivity index (χ2v) is 6.41. The number of aliphatic hydroxyl groups excluding tert-OH is 1. The number of anilines is 1. The number of nitro benzene ring substituents is 1. The minimum atomic E-state index is -0.409. The van der Waals surface area contributed by atoms with Crippen molar-refractivity contribution in [2.45, 2.75) is 33.2 Å². The van der Waals surface area contributed by atoms with Crippen molar-refractivity contribution >= 4 is 27.3 Å². The summed E-state index contributed by atoms with van der Waals surface area (Å²) in [7, 11) is 0. The van der Waals surface area contributed by atoms with E-state index in [1.165, 1.54) is 6.07 Å². The molecule has 1 atom stereocenters. The molecular formula is C13H19BrN2O3. The highest BCUT2D eigenvalue weighted by atomic mass is 79.9. The number of rotatable bonds is 5. The van der Waals surface area contributed by atoms with Crippen LogP contribution in [0.4, 0.5) is 11.4 Å². The standard InChI is InChI=1S/C13H19BrN2O3/c1-13(2,3)12(6-7-17)15-10-8-9(14)4-5-11(10)16(18)19/h4-5,8,12,15,17H,6-7H2,1-3H3. The van der Waals surface area contributed by atoms with Gasteiger partial charge in [0.25, 0.3) is 5.69 Å². The van der Waals surface area contributed by atoms with Crippen LogP contribution in [0.2, 0.25) is 0 Å². The van der Waals surface area contributed by atoms with Gasteiger partial charge in [0, 0.05) is 23.2 Å². The van der Waals surface area contributed by atoms with Crippen molar-refractivity contribution in [2.24, 2.45) is 5.41 Å². The first-order valence-electron chi connectivity index (χ1n) is 6.07. The van der Waals surface area contributed by atoms with Crippen LogP contribution >= 0.6 is 15.9 Å². The summed E-state index contributed by atoms with van der Waals surface area (Å²) in [4.78, 5) is 10.6. The van der Waals surface area contributed by atoms with Crippen molar-refractivity contribution in [3.8, 4) is 0 Å². The van der Waals surface area contributed by atoms with Crippen molar-refractivity contribution in [2.75, 3.05) is 11.9 Å². The van der Waals surface area contributed by atoms with E-state index in [0.717, 1.165) is 4.47 Å². The van der Waals surface area contributed by atoms with Crippen LogP contribution in [-0.4, -0.2) is 22.7 Å². The van der Waals surface area contributed by atoms with Crippen molar-refractivity contribution in [1.82, 2.24) is 0 Å². The summed E-state index contributed by atoms with van der Waals surface area (Å²) < 4.78 is 0.775. The fraction of sp³-hybridized carbons (Fsp3) is 0.538. The Hall–Kier alpha value is -1.14. The number of nitrogens with zero attached hydrogens (tertiary/aromatic N) is 1. The van der Waals surface area contributed by atoms with Gasteiger partial charge in [0.1, 0.15) is 5.69 Å². The second kappa shape index (κ2) is 6.34. The second-order valence-electron chi connectivity index (χ2n) is 5.49. The summed E-state index contributed by atoms with van der Waals surface area (Å²) in [6.07, 6.45) is 0.535. The fourth-order valence-electron chi connectivity index (χ4n) is 1.82. The summed E-state index contributed by atoms with van der Waals surface area (Å²) in [5.41, 5.74) is 0.391. The van der Waals surface area contributed by atoms with Crippen LogP contribution < -0.4 is 5.32 Å². The molecule has 1 unspecified atom stereocenters. The van der Waals surface area contributed by atoms with Crippen molar-refractivity contribution < 1.29 is 10.0 Å². The molecule has 0 aliphatic rings. The molecule has 0 spiro atoms. The first-order valence-corrected chi connectivity index (χ1v) is 6.86. The van der Waals surface area contributed by atoms with Crippen molar-refractivity contribution in [3.63, 3.8) is 0 Å². The molecule has 0 radical (unpaired) electrons. The summed E-state index contributed by atoms with van der Waals surface area (Å²) in [5.74, 6) is 0. The van der Waals surface area contributed by atoms with Gasteiger partial charge < -0.3 is 10.4 Å². The highest BCUT2D eigenvalue weighted by Crippen LogP contribution is 2.32. The third-order valence-electron chi connectivity index (χ3n) is 2.95. The van der Waals surface area contributed by atoms with E-state index in [4.69, 9.17) is 5.11 Å². The lowest BCUT2D eigenvalue weighted by atomic mass is 9.84. The van der Waals surface area contributed by atoms with Crippen LogP contribution in [0.15, 0.2) is 22.7 Å².